The Morgan fingerprint density at radius 3 is 2.46 bits per heavy atom. The van der Waals surface area contributed by atoms with Crippen molar-refractivity contribution in [3.63, 3.8) is 0 Å². The number of carbonyl (C=O) groups excluding carboxylic acids is 1. The van der Waals surface area contributed by atoms with Gasteiger partial charge in [0.1, 0.15) is 0 Å². The van der Waals surface area contributed by atoms with Crippen LogP contribution in [-0.2, 0) is 16.3 Å². The van der Waals surface area contributed by atoms with Gasteiger partial charge in [0.25, 0.3) is 5.91 Å². The fourth-order valence-electron chi connectivity index (χ4n) is 6.06. The Balaban J connectivity index is 1.35. The molecule has 2 saturated carbocycles. The normalized spacial score (nSPS) is 25.3. The van der Waals surface area contributed by atoms with E-state index in [0.29, 0.717) is 12.8 Å². The van der Waals surface area contributed by atoms with Gasteiger partial charge in [0.15, 0.2) is 21.5 Å². The van der Waals surface area contributed by atoms with Crippen molar-refractivity contribution in [1.82, 2.24) is 4.98 Å². The van der Waals surface area contributed by atoms with Crippen LogP contribution in [-0.4, -0.2) is 46.5 Å². The standard InChI is InChI=1S/C28H27ClF2N2O5S/c29-22-7-3-17(27(35)33-20-6-8-23(30)24(31)14-20)11-25(22)39(37,38)21-12-18-4-5-19(13-21)28(18,36)26(34)10-16-2-1-9-32-15-16/h1-3,6-9,11,14-15,18-19,21,26,34,36H,4-5,10,12-13H2,(H,33,35)/t18-,19?,21-,26?,28-/m0/s1. The van der Waals surface area contributed by atoms with Gasteiger partial charge in [0, 0.05) is 36.1 Å². The summed E-state index contributed by atoms with van der Waals surface area (Å²) in [5.74, 6) is -3.77. The third-order valence-electron chi connectivity index (χ3n) is 8.07. The minimum atomic E-state index is -4.02. The van der Waals surface area contributed by atoms with E-state index in [1.807, 2.05) is 6.07 Å². The van der Waals surface area contributed by atoms with Crippen LogP contribution in [0.2, 0.25) is 5.02 Å². The minimum Gasteiger partial charge on any atom is -0.390 e. The van der Waals surface area contributed by atoms with Crippen LogP contribution in [0.4, 0.5) is 14.5 Å². The highest BCUT2D eigenvalue weighted by molar-refractivity contribution is 7.92. The fraction of sp³-hybridized carbons (Fsp3) is 0.357. The Morgan fingerprint density at radius 2 is 1.82 bits per heavy atom. The average Bonchev–Trinajstić information content (AvgIpc) is 3.07. The second kappa shape index (κ2) is 10.6. The monoisotopic (exact) mass is 576 g/mol. The number of carbonyl (C=O) groups is 1. The molecule has 2 aromatic carbocycles. The molecule has 1 amide bonds. The number of nitrogens with zero attached hydrogens (tertiary/aromatic N) is 1. The maximum absolute atomic E-state index is 13.8. The van der Waals surface area contributed by atoms with Crippen molar-refractivity contribution >= 4 is 33.0 Å². The summed E-state index contributed by atoms with van der Waals surface area (Å²) in [6.45, 7) is 0. The summed E-state index contributed by atoms with van der Waals surface area (Å²) in [5.41, 5.74) is -0.661. The van der Waals surface area contributed by atoms with Gasteiger partial charge in [-0.25, -0.2) is 17.2 Å². The van der Waals surface area contributed by atoms with E-state index in [1.54, 1.807) is 18.5 Å². The molecule has 206 valence electrons. The molecule has 0 radical (unpaired) electrons. The molecular formula is C28H27ClF2N2O5S. The second-order valence-electron chi connectivity index (χ2n) is 10.3. The van der Waals surface area contributed by atoms with Gasteiger partial charge < -0.3 is 15.5 Å². The first kappa shape index (κ1) is 27.6. The van der Waals surface area contributed by atoms with E-state index in [1.165, 1.54) is 24.3 Å². The number of benzene rings is 2. The molecule has 2 aliphatic rings. The van der Waals surface area contributed by atoms with Gasteiger partial charge in [-0.3, -0.25) is 9.78 Å². The molecule has 0 saturated heterocycles. The summed E-state index contributed by atoms with van der Waals surface area (Å²) >= 11 is 6.29. The number of aliphatic hydroxyl groups is 2. The van der Waals surface area contributed by atoms with Crippen LogP contribution in [0, 0.1) is 23.5 Å². The third kappa shape index (κ3) is 5.18. The van der Waals surface area contributed by atoms with Crippen molar-refractivity contribution in [3.05, 3.63) is 88.7 Å². The SMILES string of the molecule is O=C(Nc1ccc(F)c(F)c1)c1ccc(Cl)c(S(=O)(=O)[C@@H]2CC3CC[C@@H](C2)[C@@]3(O)C(O)Cc2cccnc2)c1. The topological polar surface area (TPSA) is 117 Å². The van der Waals surface area contributed by atoms with E-state index in [0.717, 1.165) is 17.7 Å². The van der Waals surface area contributed by atoms with Crippen LogP contribution in [0.15, 0.2) is 65.8 Å². The summed E-state index contributed by atoms with van der Waals surface area (Å²) in [4.78, 5) is 16.6. The number of rotatable bonds is 7. The lowest BCUT2D eigenvalue weighted by atomic mass is 9.70. The molecule has 0 aliphatic heterocycles. The van der Waals surface area contributed by atoms with E-state index < -0.39 is 56.2 Å². The number of fused-ring (bicyclic) bond motifs is 2. The highest BCUT2D eigenvalue weighted by Gasteiger charge is 2.58. The van der Waals surface area contributed by atoms with Crippen molar-refractivity contribution in [2.45, 2.75) is 54.0 Å². The molecule has 5 atom stereocenters. The van der Waals surface area contributed by atoms with Crippen LogP contribution < -0.4 is 5.32 Å². The number of amides is 1. The Labute approximate surface area is 229 Å². The molecule has 3 N–H and O–H groups in total. The largest absolute Gasteiger partial charge is 0.390 e. The Kier molecular flexibility index (Phi) is 7.49. The van der Waals surface area contributed by atoms with Crippen molar-refractivity contribution in [3.8, 4) is 0 Å². The zero-order valence-electron chi connectivity index (χ0n) is 20.7. The first-order valence-electron chi connectivity index (χ1n) is 12.6. The lowest BCUT2D eigenvalue weighted by molar-refractivity contribution is -0.141. The summed E-state index contributed by atoms with van der Waals surface area (Å²) in [7, 11) is -4.02. The van der Waals surface area contributed by atoms with Crippen LogP contribution in [0.25, 0.3) is 0 Å². The van der Waals surface area contributed by atoms with Gasteiger partial charge >= 0.3 is 0 Å². The molecular weight excluding hydrogens is 550 g/mol. The summed E-state index contributed by atoms with van der Waals surface area (Å²) in [6.07, 6.45) is 3.83. The zero-order valence-corrected chi connectivity index (χ0v) is 22.3. The van der Waals surface area contributed by atoms with E-state index in [9.17, 15) is 32.2 Å². The highest BCUT2D eigenvalue weighted by atomic mass is 35.5. The first-order chi connectivity index (χ1) is 18.5. The number of sulfone groups is 1. The molecule has 0 spiro atoms. The average molecular weight is 577 g/mol. The summed E-state index contributed by atoms with van der Waals surface area (Å²) in [5, 5.41) is 24.2. The third-order valence-corrected chi connectivity index (χ3v) is 10.7. The molecule has 5 rings (SSSR count). The van der Waals surface area contributed by atoms with Crippen molar-refractivity contribution < 1.29 is 32.2 Å². The number of anilines is 1. The predicted molar refractivity (Wildman–Crippen MR) is 141 cm³/mol. The number of hydrogen-bond acceptors (Lipinski definition) is 6. The van der Waals surface area contributed by atoms with E-state index in [2.05, 4.69) is 10.3 Å². The first-order valence-corrected chi connectivity index (χ1v) is 14.5. The van der Waals surface area contributed by atoms with Gasteiger partial charge in [0.2, 0.25) is 0 Å². The molecule has 1 heterocycles. The number of pyridine rings is 1. The Bertz CT molecular complexity index is 1490. The van der Waals surface area contributed by atoms with Crippen LogP contribution in [0.3, 0.4) is 0 Å². The van der Waals surface area contributed by atoms with Gasteiger partial charge in [0.05, 0.1) is 26.9 Å². The van der Waals surface area contributed by atoms with Crippen molar-refractivity contribution in [2.24, 2.45) is 11.8 Å². The second-order valence-corrected chi connectivity index (χ2v) is 12.9. The zero-order chi connectivity index (χ0) is 27.9. The number of nitrogens with one attached hydrogen (secondary N) is 1. The Morgan fingerprint density at radius 1 is 1.10 bits per heavy atom. The minimum absolute atomic E-state index is 0.00578. The molecule has 11 heteroatoms. The van der Waals surface area contributed by atoms with Crippen LogP contribution >= 0.6 is 11.6 Å². The quantitative estimate of drug-likeness (QED) is 0.380. The summed E-state index contributed by atoms with van der Waals surface area (Å²) < 4.78 is 54.3. The lowest BCUT2D eigenvalue weighted by Gasteiger charge is -2.45. The van der Waals surface area contributed by atoms with Gasteiger partial charge in [-0.05, 0) is 79.5 Å². The number of halogens is 3. The lowest BCUT2D eigenvalue weighted by Crippen LogP contribution is -2.56. The van der Waals surface area contributed by atoms with Crippen molar-refractivity contribution in [1.29, 1.82) is 0 Å². The number of aliphatic hydroxyl groups excluding tert-OH is 1. The fourth-order valence-corrected chi connectivity index (χ4v) is 8.47. The smallest absolute Gasteiger partial charge is 0.255 e. The molecule has 39 heavy (non-hydrogen) atoms. The highest BCUT2D eigenvalue weighted by Crippen LogP contribution is 2.54. The van der Waals surface area contributed by atoms with Crippen LogP contribution in [0.1, 0.15) is 41.6 Å². The molecule has 2 bridgehead atoms. The van der Waals surface area contributed by atoms with Gasteiger partial charge in [-0.15, -0.1) is 0 Å². The molecule has 2 fully saturated rings. The Hall–Kier alpha value is -2.92. The maximum Gasteiger partial charge on any atom is 0.255 e. The van der Waals surface area contributed by atoms with Crippen LogP contribution in [0.5, 0.6) is 0 Å². The molecule has 2 unspecified atom stereocenters. The molecule has 2 aliphatic carbocycles. The predicted octanol–water partition coefficient (Wildman–Crippen LogP) is 4.56. The molecule has 7 nitrogen and oxygen atoms in total. The van der Waals surface area contributed by atoms with E-state index >= 15 is 0 Å². The van der Waals surface area contributed by atoms with Gasteiger partial charge in [-0.1, -0.05) is 17.7 Å². The van der Waals surface area contributed by atoms with Gasteiger partial charge in [-0.2, -0.15) is 0 Å². The van der Waals surface area contributed by atoms with E-state index in [-0.39, 0.29) is 40.4 Å². The molecule has 3 aromatic rings. The molecule has 1 aromatic heterocycles. The maximum atomic E-state index is 13.8. The summed E-state index contributed by atoms with van der Waals surface area (Å²) in [6, 6.07) is 10.3. The van der Waals surface area contributed by atoms with Crippen molar-refractivity contribution in [2.75, 3.05) is 5.32 Å². The number of hydrogen-bond donors (Lipinski definition) is 3. The van der Waals surface area contributed by atoms with E-state index in [4.69, 9.17) is 11.6 Å². The number of aromatic nitrogens is 1.